The molecule has 2 aliphatic heterocycles. The summed E-state index contributed by atoms with van der Waals surface area (Å²) in [5, 5.41) is 0. The lowest BCUT2D eigenvalue weighted by molar-refractivity contribution is 0.659. The molecule has 1 aromatic rings. The second kappa shape index (κ2) is 3.49. The minimum atomic E-state index is 0.561. The largest absolute Gasteiger partial charge is 0.364 e. The van der Waals surface area contributed by atoms with E-state index in [0.29, 0.717) is 12.1 Å². The van der Waals surface area contributed by atoms with Crippen molar-refractivity contribution < 1.29 is 0 Å². The minimum Gasteiger partial charge on any atom is -0.364 e. The number of hydrogen-bond acceptors (Lipinski definition) is 2. The van der Waals surface area contributed by atoms with E-state index in [2.05, 4.69) is 39.0 Å². The molecular weight excluding hydrogens is 252 g/mol. The Morgan fingerprint density at radius 1 is 1.40 bits per heavy atom. The van der Waals surface area contributed by atoms with E-state index in [1.54, 1.807) is 0 Å². The first-order chi connectivity index (χ1) is 7.29. The molecule has 2 aliphatic rings. The van der Waals surface area contributed by atoms with E-state index < -0.39 is 0 Å². The van der Waals surface area contributed by atoms with Crippen LogP contribution in [0.5, 0.6) is 0 Å². The second-order valence-electron chi connectivity index (χ2n) is 4.51. The highest BCUT2D eigenvalue weighted by molar-refractivity contribution is 9.10. The average molecular weight is 267 g/mol. The molecule has 0 spiro atoms. The molecule has 1 saturated heterocycles. The average Bonchev–Trinajstić information content (AvgIpc) is 2.76. The maximum Gasteiger partial charge on any atom is 0.0416 e. The third-order valence-electron chi connectivity index (χ3n) is 3.67. The van der Waals surface area contributed by atoms with E-state index in [-0.39, 0.29) is 0 Å². The van der Waals surface area contributed by atoms with E-state index in [4.69, 9.17) is 5.73 Å². The number of benzene rings is 1. The molecular formula is C12H15BrN2. The number of nitrogens with zero attached hydrogens (tertiary/aromatic N) is 1. The fraction of sp³-hybridized carbons (Fsp3) is 0.500. The zero-order valence-electron chi connectivity index (χ0n) is 8.62. The predicted molar refractivity (Wildman–Crippen MR) is 66.2 cm³/mol. The van der Waals surface area contributed by atoms with Crippen molar-refractivity contribution >= 4 is 21.6 Å². The first-order valence-electron chi connectivity index (χ1n) is 5.56. The van der Waals surface area contributed by atoms with Gasteiger partial charge in [-0.3, -0.25) is 0 Å². The first-order valence-corrected chi connectivity index (χ1v) is 6.35. The van der Waals surface area contributed by atoms with Gasteiger partial charge in [0.05, 0.1) is 0 Å². The van der Waals surface area contributed by atoms with Gasteiger partial charge in [-0.1, -0.05) is 22.0 Å². The maximum atomic E-state index is 5.83. The van der Waals surface area contributed by atoms with Crippen LogP contribution in [0.25, 0.3) is 0 Å². The van der Waals surface area contributed by atoms with Crippen LogP contribution in [0.4, 0.5) is 5.69 Å². The fourth-order valence-corrected chi connectivity index (χ4v) is 3.34. The van der Waals surface area contributed by atoms with E-state index in [9.17, 15) is 0 Å². The zero-order chi connectivity index (χ0) is 10.4. The van der Waals surface area contributed by atoms with Gasteiger partial charge in [-0.15, -0.1) is 0 Å². The van der Waals surface area contributed by atoms with Crippen molar-refractivity contribution in [1.82, 2.24) is 0 Å². The van der Waals surface area contributed by atoms with Crippen molar-refractivity contribution in [2.24, 2.45) is 5.73 Å². The van der Waals surface area contributed by atoms with Crippen LogP contribution in [0.3, 0.4) is 0 Å². The number of hydrogen-bond donors (Lipinski definition) is 1. The minimum absolute atomic E-state index is 0.561. The van der Waals surface area contributed by atoms with Gasteiger partial charge in [0, 0.05) is 28.8 Å². The van der Waals surface area contributed by atoms with Gasteiger partial charge in [0.25, 0.3) is 0 Å². The summed E-state index contributed by atoms with van der Waals surface area (Å²) in [7, 11) is 0. The first kappa shape index (κ1) is 9.67. The van der Waals surface area contributed by atoms with Gasteiger partial charge in [-0.2, -0.15) is 0 Å². The Morgan fingerprint density at radius 3 is 3.07 bits per heavy atom. The van der Waals surface area contributed by atoms with Crippen molar-refractivity contribution in [2.45, 2.75) is 31.3 Å². The van der Waals surface area contributed by atoms with Crippen LogP contribution in [0.2, 0.25) is 0 Å². The van der Waals surface area contributed by atoms with Crippen molar-refractivity contribution in [1.29, 1.82) is 0 Å². The summed E-state index contributed by atoms with van der Waals surface area (Å²) >= 11 is 3.55. The monoisotopic (exact) mass is 266 g/mol. The standard InChI is InChI=1S/C12H15BrN2/c13-9-2-1-8-5-10-3-4-11(7-14)15(10)12(8)6-9/h1-2,6,10-11H,3-5,7,14H2. The summed E-state index contributed by atoms with van der Waals surface area (Å²) in [6.07, 6.45) is 3.76. The molecule has 0 radical (unpaired) electrons. The lowest BCUT2D eigenvalue weighted by Crippen LogP contribution is -2.37. The van der Waals surface area contributed by atoms with Crippen molar-refractivity contribution in [3.05, 3.63) is 28.2 Å². The van der Waals surface area contributed by atoms with Crippen LogP contribution in [0, 0.1) is 0 Å². The SMILES string of the molecule is NCC1CCC2Cc3ccc(Br)cc3N12. The molecule has 1 aromatic carbocycles. The van der Waals surface area contributed by atoms with E-state index in [0.717, 1.165) is 6.54 Å². The third-order valence-corrected chi connectivity index (χ3v) is 4.17. The highest BCUT2D eigenvalue weighted by Crippen LogP contribution is 2.41. The van der Waals surface area contributed by atoms with Crippen molar-refractivity contribution in [3.8, 4) is 0 Å². The van der Waals surface area contributed by atoms with Crippen molar-refractivity contribution in [3.63, 3.8) is 0 Å². The molecule has 2 heterocycles. The molecule has 2 nitrogen and oxygen atoms in total. The predicted octanol–water partition coefficient (Wildman–Crippen LogP) is 2.30. The Balaban J connectivity index is 2.03. The lowest BCUT2D eigenvalue weighted by atomic mass is 10.1. The van der Waals surface area contributed by atoms with Gasteiger partial charge in [0.15, 0.2) is 0 Å². The van der Waals surface area contributed by atoms with Crippen molar-refractivity contribution in [2.75, 3.05) is 11.4 Å². The summed E-state index contributed by atoms with van der Waals surface area (Å²) < 4.78 is 1.17. The fourth-order valence-electron chi connectivity index (χ4n) is 2.99. The van der Waals surface area contributed by atoms with Gasteiger partial charge in [-0.05, 0) is 37.0 Å². The van der Waals surface area contributed by atoms with Crippen LogP contribution < -0.4 is 10.6 Å². The Hall–Kier alpha value is -0.540. The van der Waals surface area contributed by atoms with Crippen LogP contribution in [0.15, 0.2) is 22.7 Å². The summed E-state index contributed by atoms with van der Waals surface area (Å²) in [6, 6.07) is 7.89. The van der Waals surface area contributed by atoms with Crippen LogP contribution >= 0.6 is 15.9 Å². The Kier molecular flexibility index (Phi) is 2.25. The van der Waals surface area contributed by atoms with Gasteiger partial charge in [0.2, 0.25) is 0 Å². The summed E-state index contributed by atoms with van der Waals surface area (Å²) in [5.41, 5.74) is 8.72. The molecule has 0 saturated carbocycles. The van der Waals surface area contributed by atoms with Gasteiger partial charge in [0.1, 0.15) is 0 Å². The van der Waals surface area contributed by atoms with Gasteiger partial charge in [-0.25, -0.2) is 0 Å². The maximum absolute atomic E-state index is 5.83. The Morgan fingerprint density at radius 2 is 2.27 bits per heavy atom. The molecule has 2 unspecified atom stereocenters. The molecule has 0 amide bonds. The molecule has 0 aliphatic carbocycles. The number of halogens is 1. The molecule has 2 atom stereocenters. The molecule has 3 heteroatoms. The summed E-state index contributed by atoms with van der Waals surface area (Å²) in [5.74, 6) is 0. The highest BCUT2D eigenvalue weighted by atomic mass is 79.9. The summed E-state index contributed by atoms with van der Waals surface area (Å²) in [6.45, 7) is 0.780. The molecule has 15 heavy (non-hydrogen) atoms. The number of fused-ring (bicyclic) bond motifs is 3. The second-order valence-corrected chi connectivity index (χ2v) is 5.42. The highest BCUT2D eigenvalue weighted by Gasteiger charge is 2.38. The molecule has 0 aromatic heterocycles. The van der Waals surface area contributed by atoms with Gasteiger partial charge >= 0.3 is 0 Å². The number of rotatable bonds is 1. The third kappa shape index (κ3) is 1.41. The van der Waals surface area contributed by atoms with E-state index >= 15 is 0 Å². The Bertz CT molecular complexity index is 389. The summed E-state index contributed by atoms with van der Waals surface area (Å²) in [4.78, 5) is 2.54. The quantitative estimate of drug-likeness (QED) is 0.846. The molecule has 3 rings (SSSR count). The zero-order valence-corrected chi connectivity index (χ0v) is 10.2. The molecule has 1 fully saturated rings. The van der Waals surface area contributed by atoms with E-state index in [1.807, 2.05) is 0 Å². The normalized spacial score (nSPS) is 28.0. The Labute approximate surface area is 98.6 Å². The topological polar surface area (TPSA) is 29.3 Å². The molecule has 80 valence electrons. The van der Waals surface area contributed by atoms with E-state index in [1.165, 1.54) is 35.0 Å². The van der Waals surface area contributed by atoms with Crippen LogP contribution in [-0.2, 0) is 6.42 Å². The molecule has 0 bridgehead atoms. The lowest BCUT2D eigenvalue weighted by Gasteiger charge is -2.26. The van der Waals surface area contributed by atoms with Crippen LogP contribution in [-0.4, -0.2) is 18.6 Å². The van der Waals surface area contributed by atoms with Gasteiger partial charge < -0.3 is 10.6 Å². The smallest absolute Gasteiger partial charge is 0.0416 e. The number of anilines is 1. The number of nitrogens with two attached hydrogens (primary N) is 1. The molecule has 2 N–H and O–H groups in total. The van der Waals surface area contributed by atoms with Crippen LogP contribution in [0.1, 0.15) is 18.4 Å².